The summed E-state index contributed by atoms with van der Waals surface area (Å²) in [5, 5.41) is 10.2. The van der Waals surface area contributed by atoms with Crippen molar-refractivity contribution in [1.29, 1.82) is 0 Å². The number of hydrogen-bond donors (Lipinski definition) is 2. The first-order valence-electron chi connectivity index (χ1n) is 10.4. The van der Waals surface area contributed by atoms with Crippen LogP contribution in [0.15, 0.2) is 110 Å². The van der Waals surface area contributed by atoms with Crippen molar-refractivity contribution in [2.24, 2.45) is 0 Å². The Bertz CT molecular complexity index is 1210. The highest BCUT2D eigenvalue weighted by atomic mass is 16.2. The lowest BCUT2D eigenvalue weighted by atomic mass is 9.87. The van der Waals surface area contributed by atoms with Crippen molar-refractivity contribution in [3.8, 4) is 0 Å². The number of nitrogens with one attached hydrogen (secondary N) is 2. The van der Waals surface area contributed by atoms with E-state index in [0.29, 0.717) is 0 Å². The monoisotopic (exact) mass is 420 g/mol. The maximum Gasteiger partial charge on any atom is 0.243 e. The summed E-state index contributed by atoms with van der Waals surface area (Å²) >= 11 is 0. The molecule has 0 saturated carbocycles. The van der Waals surface area contributed by atoms with Crippen molar-refractivity contribution >= 4 is 33.4 Å². The topological polar surface area (TPSA) is 58.2 Å². The summed E-state index contributed by atoms with van der Waals surface area (Å²) in [5.74, 6) is -0.637. The van der Waals surface area contributed by atoms with E-state index in [1.165, 1.54) is 12.2 Å². The summed E-state index contributed by atoms with van der Waals surface area (Å²) in [4.78, 5) is 25.0. The van der Waals surface area contributed by atoms with Crippen molar-refractivity contribution in [3.05, 3.63) is 121 Å². The standard InChI is InChI=1S/C28H24N2O2/c1-3-25(31)29-27(23-17-9-13-19-11-5-7-15-21(19)23)28(30-26(32)4-2)24-18-10-14-20-12-6-8-16-22(20)24/h3-18,27-28H,1-2H2,(H,29,31)(H,30,32)/t27-,28-/m0/s1. The van der Waals surface area contributed by atoms with Crippen molar-refractivity contribution < 1.29 is 9.59 Å². The second kappa shape index (κ2) is 9.31. The van der Waals surface area contributed by atoms with Gasteiger partial charge < -0.3 is 10.6 Å². The molecule has 0 aliphatic heterocycles. The molecule has 158 valence electrons. The smallest absolute Gasteiger partial charge is 0.243 e. The number of carbonyl (C=O) groups excluding carboxylic acids is 2. The number of carbonyl (C=O) groups is 2. The summed E-state index contributed by atoms with van der Waals surface area (Å²) < 4.78 is 0. The molecule has 0 bridgehead atoms. The Hall–Kier alpha value is -4.18. The lowest BCUT2D eigenvalue weighted by molar-refractivity contribution is -0.120. The molecule has 4 aromatic rings. The highest BCUT2D eigenvalue weighted by Crippen LogP contribution is 2.36. The van der Waals surface area contributed by atoms with Gasteiger partial charge in [-0.1, -0.05) is 98.1 Å². The van der Waals surface area contributed by atoms with Gasteiger partial charge in [0.1, 0.15) is 0 Å². The molecule has 0 spiro atoms. The Labute approximate surface area is 187 Å². The van der Waals surface area contributed by atoms with E-state index in [1.807, 2.05) is 84.9 Å². The Morgan fingerprint density at radius 1 is 0.594 bits per heavy atom. The maximum atomic E-state index is 12.5. The average Bonchev–Trinajstić information content (AvgIpc) is 2.85. The lowest BCUT2D eigenvalue weighted by Gasteiger charge is -2.31. The van der Waals surface area contributed by atoms with Gasteiger partial charge in [-0.05, 0) is 44.8 Å². The first-order valence-corrected chi connectivity index (χ1v) is 10.4. The van der Waals surface area contributed by atoms with Crippen LogP contribution in [-0.2, 0) is 9.59 Å². The van der Waals surface area contributed by atoms with Gasteiger partial charge in [-0.3, -0.25) is 9.59 Å². The van der Waals surface area contributed by atoms with Crippen LogP contribution in [0.1, 0.15) is 23.2 Å². The molecule has 0 aliphatic rings. The van der Waals surface area contributed by atoms with E-state index in [1.54, 1.807) is 0 Å². The van der Waals surface area contributed by atoms with E-state index in [2.05, 4.69) is 23.8 Å². The summed E-state index contributed by atoms with van der Waals surface area (Å²) in [5.41, 5.74) is 1.81. The quantitative estimate of drug-likeness (QED) is 0.394. The molecule has 0 radical (unpaired) electrons. The van der Waals surface area contributed by atoms with E-state index in [4.69, 9.17) is 0 Å². The van der Waals surface area contributed by atoms with Gasteiger partial charge in [-0.25, -0.2) is 0 Å². The van der Waals surface area contributed by atoms with Gasteiger partial charge >= 0.3 is 0 Å². The zero-order valence-corrected chi connectivity index (χ0v) is 17.6. The van der Waals surface area contributed by atoms with E-state index < -0.39 is 12.1 Å². The van der Waals surface area contributed by atoms with Gasteiger partial charge in [0, 0.05) is 0 Å². The van der Waals surface area contributed by atoms with Gasteiger partial charge in [0.25, 0.3) is 0 Å². The fourth-order valence-corrected chi connectivity index (χ4v) is 4.15. The Kier molecular flexibility index (Phi) is 6.13. The van der Waals surface area contributed by atoms with Crippen LogP contribution in [0.2, 0.25) is 0 Å². The van der Waals surface area contributed by atoms with E-state index in [0.717, 1.165) is 32.7 Å². The molecule has 4 heteroatoms. The molecule has 4 rings (SSSR count). The number of amides is 2. The zero-order chi connectivity index (χ0) is 22.5. The third-order valence-electron chi connectivity index (χ3n) is 5.62. The number of hydrogen-bond acceptors (Lipinski definition) is 2. The third kappa shape index (κ3) is 4.16. The molecule has 0 aromatic heterocycles. The van der Waals surface area contributed by atoms with Crippen molar-refractivity contribution in [2.75, 3.05) is 0 Å². The van der Waals surface area contributed by atoms with Crippen LogP contribution in [-0.4, -0.2) is 11.8 Å². The Morgan fingerprint density at radius 3 is 1.38 bits per heavy atom. The van der Waals surface area contributed by atoms with Crippen LogP contribution in [0.5, 0.6) is 0 Å². The molecule has 0 fully saturated rings. The molecule has 4 nitrogen and oxygen atoms in total. The lowest BCUT2D eigenvalue weighted by Crippen LogP contribution is -2.40. The zero-order valence-electron chi connectivity index (χ0n) is 17.6. The van der Waals surface area contributed by atoms with Crippen LogP contribution < -0.4 is 10.6 Å². The van der Waals surface area contributed by atoms with Gasteiger partial charge in [0.15, 0.2) is 0 Å². The number of rotatable bonds is 7. The molecule has 0 aliphatic carbocycles. The fourth-order valence-electron chi connectivity index (χ4n) is 4.15. The molecule has 2 N–H and O–H groups in total. The highest BCUT2D eigenvalue weighted by Gasteiger charge is 2.29. The Morgan fingerprint density at radius 2 is 0.969 bits per heavy atom. The van der Waals surface area contributed by atoms with Gasteiger partial charge in [0.2, 0.25) is 11.8 Å². The van der Waals surface area contributed by atoms with E-state index in [-0.39, 0.29) is 11.8 Å². The largest absolute Gasteiger partial charge is 0.343 e. The molecule has 0 heterocycles. The minimum absolute atomic E-state index is 0.318. The van der Waals surface area contributed by atoms with E-state index >= 15 is 0 Å². The van der Waals surface area contributed by atoms with Crippen LogP contribution in [0.4, 0.5) is 0 Å². The molecule has 4 aromatic carbocycles. The van der Waals surface area contributed by atoms with Gasteiger partial charge in [-0.2, -0.15) is 0 Å². The molecular formula is C28H24N2O2. The minimum atomic E-state index is -0.540. The summed E-state index contributed by atoms with van der Waals surface area (Å²) in [7, 11) is 0. The third-order valence-corrected chi connectivity index (χ3v) is 5.62. The minimum Gasteiger partial charge on any atom is -0.343 e. The first kappa shape index (κ1) is 21.1. The van der Waals surface area contributed by atoms with Crippen LogP contribution >= 0.6 is 0 Å². The van der Waals surface area contributed by atoms with Crippen LogP contribution in [0.3, 0.4) is 0 Å². The van der Waals surface area contributed by atoms with E-state index in [9.17, 15) is 9.59 Å². The highest BCUT2D eigenvalue weighted by molar-refractivity contribution is 5.92. The number of fused-ring (bicyclic) bond motifs is 2. The Balaban J connectivity index is 1.96. The van der Waals surface area contributed by atoms with Gasteiger partial charge in [-0.15, -0.1) is 0 Å². The first-order chi connectivity index (χ1) is 15.6. The summed E-state index contributed by atoms with van der Waals surface area (Å²) in [6, 6.07) is 26.8. The molecular weight excluding hydrogens is 396 g/mol. The number of benzene rings is 4. The average molecular weight is 421 g/mol. The van der Waals surface area contributed by atoms with Crippen molar-refractivity contribution in [1.82, 2.24) is 10.6 Å². The predicted molar refractivity (Wildman–Crippen MR) is 130 cm³/mol. The second-order valence-corrected chi connectivity index (χ2v) is 7.52. The van der Waals surface area contributed by atoms with Crippen LogP contribution in [0, 0.1) is 0 Å². The predicted octanol–water partition coefficient (Wildman–Crippen LogP) is 5.38. The summed E-state index contributed by atoms with van der Waals surface area (Å²) in [6.45, 7) is 7.23. The molecule has 32 heavy (non-hydrogen) atoms. The van der Waals surface area contributed by atoms with Crippen molar-refractivity contribution in [2.45, 2.75) is 12.1 Å². The molecule has 0 unspecified atom stereocenters. The molecule has 2 amide bonds. The van der Waals surface area contributed by atoms with Crippen LogP contribution in [0.25, 0.3) is 21.5 Å². The molecule has 2 atom stereocenters. The molecule has 0 saturated heterocycles. The van der Waals surface area contributed by atoms with Crippen molar-refractivity contribution in [3.63, 3.8) is 0 Å². The second-order valence-electron chi connectivity index (χ2n) is 7.52. The SMILES string of the molecule is C=CC(=O)N[C@@H](c1cccc2ccccc12)[C@@H](NC(=O)C=C)c1cccc2ccccc12. The summed E-state index contributed by atoms with van der Waals surface area (Å²) in [6.07, 6.45) is 2.49. The normalized spacial score (nSPS) is 12.6. The maximum absolute atomic E-state index is 12.5. The fraction of sp³-hybridized carbons (Fsp3) is 0.0714. The van der Waals surface area contributed by atoms with Gasteiger partial charge in [0.05, 0.1) is 12.1 Å².